The van der Waals surface area contributed by atoms with Gasteiger partial charge in [-0.25, -0.2) is 0 Å². The zero-order chi connectivity index (χ0) is 24.9. The fourth-order valence-electron chi connectivity index (χ4n) is 0.660. The second kappa shape index (κ2) is 23.1. The van der Waals surface area contributed by atoms with E-state index in [2.05, 4.69) is 36.7 Å². The minimum absolute atomic E-state index is 0.156. The summed E-state index contributed by atoms with van der Waals surface area (Å²) in [5.41, 5.74) is -0.667. The lowest BCUT2D eigenvalue weighted by molar-refractivity contribution is -0.136. The predicted octanol–water partition coefficient (Wildman–Crippen LogP) is 1.39. The van der Waals surface area contributed by atoms with Crippen LogP contribution in [0.3, 0.4) is 0 Å². The molecule has 6 N–H and O–H groups in total. The van der Waals surface area contributed by atoms with Gasteiger partial charge in [0.25, 0.3) is 0 Å². The van der Waals surface area contributed by atoms with Crippen LogP contribution in [0.4, 0.5) is 0 Å². The van der Waals surface area contributed by atoms with Crippen LogP contribution < -0.4 is 0 Å². The Morgan fingerprint density at radius 3 is 0.933 bits per heavy atom. The molecule has 0 aliphatic rings. The van der Waals surface area contributed by atoms with Gasteiger partial charge >= 0.3 is 17.9 Å². The Balaban J connectivity index is -0.000000151. The number of hydrogen-bond acceptors (Lipinski definition) is 9. The maximum atomic E-state index is 9.70. The number of carboxylic acid groups (broad SMARTS) is 3. The average molecular weight is 550 g/mol. The van der Waals surface area contributed by atoms with Crippen molar-refractivity contribution in [2.24, 2.45) is 5.41 Å². The molecule has 3 atom stereocenters. The van der Waals surface area contributed by atoms with Crippen LogP contribution in [0.1, 0.15) is 13.3 Å². The van der Waals surface area contributed by atoms with E-state index in [1.807, 2.05) is 6.92 Å². The molecule has 3 unspecified atom stereocenters. The fourth-order valence-corrected chi connectivity index (χ4v) is 1.01. The van der Waals surface area contributed by atoms with Crippen molar-refractivity contribution in [3.05, 3.63) is 0 Å². The molecule has 0 radical (unpaired) electrons. The minimum atomic E-state index is -1.10. The lowest BCUT2D eigenvalue weighted by Crippen LogP contribution is -2.32. The second-order valence-corrected chi connectivity index (χ2v) is 7.18. The Labute approximate surface area is 204 Å². The van der Waals surface area contributed by atoms with Gasteiger partial charge in [0.15, 0.2) is 16.1 Å². The highest BCUT2D eigenvalue weighted by Gasteiger charge is 2.24. The summed E-state index contributed by atoms with van der Waals surface area (Å²) in [6.07, 6.45) is 0.594. The Hall–Kier alpha value is -0.570. The SMILES string of the molecule is CCC(CO)(CO)CO.O=C(O)C(Cl)C=S.O=C(O)C(Cl)C=S.O=C(O)C(Cl)C=S. The molecule has 30 heavy (non-hydrogen) atoms. The molecule has 0 aromatic heterocycles. The predicted molar refractivity (Wildman–Crippen MR) is 127 cm³/mol. The van der Waals surface area contributed by atoms with E-state index < -0.39 is 39.5 Å². The molecule has 176 valence electrons. The maximum absolute atomic E-state index is 9.70. The first-order valence-corrected chi connectivity index (χ1v) is 10.3. The van der Waals surface area contributed by atoms with Gasteiger partial charge < -0.3 is 30.6 Å². The Bertz CT molecular complexity index is 460. The van der Waals surface area contributed by atoms with Gasteiger partial charge in [0, 0.05) is 21.5 Å². The number of aliphatic hydroxyl groups excluding tert-OH is 3. The van der Waals surface area contributed by atoms with Gasteiger partial charge in [0.05, 0.1) is 19.8 Å². The van der Waals surface area contributed by atoms with Gasteiger partial charge in [-0.1, -0.05) is 43.6 Å². The van der Waals surface area contributed by atoms with E-state index in [4.69, 9.17) is 65.4 Å². The highest BCUT2D eigenvalue weighted by Crippen LogP contribution is 2.18. The lowest BCUT2D eigenvalue weighted by Gasteiger charge is -2.24. The second-order valence-electron chi connectivity index (χ2n) is 4.96. The number of carbonyl (C=O) groups is 3. The standard InChI is InChI=1S/C6H14O3.3C3H3ClO2S/c1-2-6(3-7,4-8)5-9;3*4-2(1-7)3(5)6/h7-9H,2-5H2,1H3;3*1-2H,(H,5,6). The molecule has 15 heteroatoms. The van der Waals surface area contributed by atoms with Gasteiger partial charge in [-0.15, -0.1) is 34.8 Å². The summed E-state index contributed by atoms with van der Waals surface area (Å²) in [5.74, 6) is -3.30. The molecule has 0 amide bonds. The normalized spacial score (nSPS) is 12.5. The highest BCUT2D eigenvalue weighted by atomic mass is 35.5. The van der Waals surface area contributed by atoms with Gasteiger partial charge in [0.2, 0.25) is 0 Å². The molecule has 0 aliphatic heterocycles. The molecule has 0 saturated heterocycles. The van der Waals surface area contributed by atoms with Crippen LogP contribution in [0.5, 0.6) is 0 Å². The third-order valence-corrected chi connectivity index (χ3v) is 5.03. The van der Waals surface area contributed by atoms with Gasteiger partial charge in [-0.05, 0) is 6.42 Å². The number of halogens is 3. The van der Waals surface area contributed by atoms with Crippen molar-refractivity contribution in [2.75, 3.05) is 19.8 Å². The van der Waals surface area contributed by atoms with Crippen LogP contribution in [0.2, 0.25) is 0 Å². The highest BCUT2D eigenvalue weighted by molar-refractivity contribution is 7.79. The summed E-state index contributed by atoms with van der Waals surface area (Å²) in [5, 5.41) is 49.7. The molecular formula is C15H23Cl3O9S3. The van der Waals surface area contributed by atoms with Gasteiger partial charge in [-0.2, -0.15) is 0 Å². The quantitative estimate of drug-likeness (QED) is 0.171. The lowest BCUT2D eigenvalue weighted by atomic mass is 9.88. The van der Waals surface area contributed by atoms with Crippen LogP contribution in [0.15, 0.2) is 0 Å². The van der Waals surface area contributed by atoms with E-state index in [0.717, 1.165) is 16.1 Å². The van der Waals surface area contributed by atoms with Crippen LogP contribution >= 0.6 is 71.5 Å². The maximum Gasteiger partial charge on any atom is 0.326 e. The van der Waals surface area contributed by atoms with Crippen molar-refractivity contribution in [2.45, 2.75) is 29.5 Å². The molecule has 0 aromatic carbocycles. The van der Waals surface area contributed by atoms with Gasteiger partial charge in [-0.3, -0.25) is 14.4 Å². The summed E-state index contributed by atoms with van der Waals surface area (Å²) in [6.45, 7) is 1.35. The largest absolute Gasteiger partial charge is 0.480 e. The summed E-state index contributed by atoms with van der Waals surface area (Å²) in [6, 6.07) is 0. The first-order chi connectivity index (χ1) is 13.8. The van der Waals surface area contributed by atoms with Crippen molar-refractivity contribution in [3.63, 3.8) is 0 Å². The summed E-state index contributed by atoms with van der Waals surface area (Å²) in [4.78, 5) is 29.1. The molecule has 0 aromatic rings. The van der Waals surface area contributed by atoms with E-state index in [-0.39, 0.29) is 19.8 Å². The molecule has 0 rings (SSSR count). The number of aliphatic hydroxyl groups is 3. The summed E-state index contributed by atoms with van der Waals surface area (Å²) in [7, 11) is 0. The molecule has 0 fully saturated rings. The molecule has 0 heterocycles. The molecule has 0 spiro atoms. The first kappa shape index (κ1) is 36.8. The first-order valence-electron chi connectivity index (χ1n) is 7.58. The number of alkyl halides is 3. The third-order valence-electron chi connectivity index (χ3n) is 2.82. The smallest absolute Gasteiger partial charge is 0.326 e. The van der Waals surface area contributed by atoms with Crippen molar-refractivity contribution in [1.29, 1.82) is 0 Å². The topological polar surface area (TPSA) is 173 Å². The third kappa shape index (κ3) is 22.1. The molecule has 0 aliphatic carbocycles. The Morgan fingerprint density at radius 2 is 0.933 bits per heavy atom. The zero-order valence-corrected chi connectivity index (χ0v) is 20.3. The number of rotatable bonds is 10. The van der Waals surface area contributed by atoms with E-state index in [9.17, 15) is 14.4 Å². The van der Waals surface area contributed by atoms with Crippen LogP contribution in [-0.4, -0.2) is 101 Å². The fraction of sp³-hybridized carbons (Fsp3) is 0.600. The van der Waals surface area contributed by atoms with Crippen molar-refractivity contribution < 1.29 is 45.0 Å². The summed E-state index contributed by atoms with van der Waals surface area (Å²) < 4.78 is 0. The van der Waals surface area contributed by atoms with E-state index in [1.54, 1.807) is 0 Å². The van der Waals surface area contributed by atoms with Crippen LogP contribution in [-0.2, 0) is 14.4 Å². The summed E-state index contributed by atoms with van der Waals surface area (Å²) >= 11 is 27.8. The number of thiocarbonyl (C=S) groups is 3. The molecule has 0 bridgehead atoms. The monoisotopic (exact) mass is 548 g/mol. The number of carboxylic acids is 3. The van der Waals surface area contributed by atoms with E-state index >= 15 is 0 Å². The van der Waals surface area contributed by atoms with Crippen molar-refractivity contribution in [3.8, 4) is 0 Å². The molecular weight excluding hydrogens is 527 g/mol. The van der Waals surface area contributed by atoms with E-state index in [0.29, 0.717) is 6.42 Å². The average Bonchev–Trinajstić information content (AvgIpc) is 2.74. The Kier molecular flexibility index (Phi) is 28.3. The molecule has 0 saturated carbocycles. The number of hydrogen-bond donors (Lipinski definition) is 6. The van der Waals surface area contributed by atoms with E-state index in [1.165, 1.54) is 0 Å². The Morgan fingerprint density at radius 1 is 0.733 bits per heavy atom. The van der Waals surface area contributed by atoms with Crippen LogP contribution in [0.25, 0.3) is 0 Å². The van der Waals surface area contributed by atoms with Crippen molar-refractivity contribution >= 4 is 105 Å². The van der Waals surface area contributed by atoms with Crippen LogP contribution in [0, 0.1) is 5.41 Å². The zero-order valence-electron chi connectivity index (χ0n) is 15.6. The number of aliphatic carboxylic acids is 3. The minimum Gasteiger partial charge on any atom is -0.480 e. The van der Waals surface area contributed by atoms with Crippen molar-refractivity contribution in [1.82, 2.24) is 0 Å². The van der Waals surface area contributed by atoms with Gasteiger partial charge in [0.1, 0.15) is 0 Å². The molecule has 9 nitrogen and oxygen atoms in total.